The number of likely N-dealkylation sites (N-methyl/N-ethyl adjacent to an activating group) is 1. The molecule has 0 fully saturated rings. The summed E-state index contributed by atoms with van der Waals surface area (Å²) in [4.78, 5) is 12.9. The van der Waals surface area contributed by atoms with Gasteiger partial charge in [0.05, 0.1) is 6.54 Å². The number of rotatable bonds is 4. The fourth-order valence-corrected chi connectivity index (χ4v) is 2.22. The van der Waals surface area contributed by atoms with Crippen molar-refractivity contribution in [3.63, 3.8) is 0 Å². The SMILES string of the molecule is CN(CC(N)=O)c1ccccc1-c1cccc(Cl)c1. The molecule has 0 aliphatic heterocycles. The third kappa shape index (κ3) is 3.26. The highest BCUT2D eigenvalue weighted by Gasteiger charge is 2.10. The van der Waals surface area contributed by atoms with Gasteiger partial charge in [-0.3, -0.25) is 4.79 Å². The summed E-state index contributed by atoms with van der Waals surface area (Å²) in [6.07, 6.45) is 0. The zero-order chi connectivity index (χ0) is 13.8. The highest BCUT2D eigenvalue weighted by atomic mass is 35.5. The molecule has 0 atom stereocenters. The summed E-state index contributed by atoms with van der Waals surface area (Å²) in [6, 6.07) is 15.5. The fourth-order valence-electron chi connectivity index (χ4n) is 2.03. The summed E-state index contributed by atoms with van der Waals surface area (Å²) in [5.41, 5.74) is 8.22. The lowest BCUT2D eigenvalue weighted by Crippen LogP contribution is -2.30. The van der Waals surface area contributed by atoms with Crippen LogP contribution in [0.4, 0.5) is 5.69 Å². The zero-order valence-electron chi connectivity index (χ0n) is 10.6. The van der Waals surface area contributed by atoms with Crippen LogP contribution in [0.5, 0.6) is 0 Å². The van der Waals surface area contributed by atoms with Crippen LogP contribution in [0.15, 0.2) is 48.5 Å². The maximum atomic E-state index is 11.0. The number of para-hydroxylation sites is 1. The zero-order valence-corrected chi connectivity index (χ0v) is 11.4. The second-order valence-electron chi connectivity index (χ2n) is 4.35. The number of hydrogen-bond acceptors (Lipinski definition) is 2. The molecule has 0 aromatic heterocycles. The molecule has 0 saturated heterocycles. The normalized spacial score (nSPS) is 10.2. The Kier molecular flexibility index (Phi) is 4.07. The smallest absolute Gasteiger partial charge is 0.236 e. The Morgan fingerprint density at radius 2 is 1.95 bits per heavy atom. The van der Waals surface area contributed by atoms with E-state index in [1.807, 2.05) is 60.5 Å². The molecule has 98 valence electrons. The largest absolute Gasteiger partial charge is 0.368 e. The average Bonchev–Trinajstić information content (AvgIpc) is 2.38. The topological polar surface area (TPSA) is 46.3 Å². The molecule has 19 heavy (non-hydrogen) atoms. The van der Waals surface area contributed by atoms with Crippen LogP contribution >= 0.6 is 11.6 Å². The molecule has 2 aromatic carbocycles. The van der Waals surface area contributed by atoms with Gasteiger partial charge in [-0.15, -0.1) is 0 Å². The number of halogens is 1. The monoisotopic (exact) mass is 274 g/mol. The van der Waals surface area contributed by atoms with Gasteiger partial charge in [-0.25, -0.2) is 0 Å². The molecule has 0 spiro atoms. The summed E-state index contributed by atoms with van der Waals surface area (Å²) < 4.78 is 0. The minimum absolute atomic E-state index is 0.178. The van der Waals surface area contributed by atoms with E-state index in [1.54, 1.807) is 0 Å². The number of hydrogen-bond donors (Lipinski definition) is 1. The van der Waals surface area contributed by atoms with Crippen molar-refractivity contribution in [3.8, 4) is 11.1 Å². The van der Waals surface area contributed by atoms with E-state index < -0.39 is 0 Å². The Labute approximate surface area is 117 Å². The van der Waals surface area contributed by atoms with Crippen molar-refractivity contribution in [1.29, 1.82) is 0 Å². The van der Waals surface area contributed by atoms with E-state index in [1.165, 1.54) is 0 Å². The molecule has 2 N–H and O–H groups in total. The lowest BCUT2D eigenvalue weighted by Gasteiger charge is -2.21. The highest BCUT2D eigenvalue weighted by molar-refractivity contribution is 6.30. The number of anilines is 1. The maximum Gasteiger partial charge on any atom is 0.236 e. The second kappa shape index (κ2) is 5.76. The van der Waals surface area contributed by atoms with Crippen LogP contribution in [-0.2, 0) is 4.79 Å². The average molecular weight is 275 g/mol. The van der Waals surface area contributed by atoms with Crippen LogP contribution in [0, 0.1) is 0 Å². The Bertz CT molecular complexity index is 598. The van der Waals surface area contributed by atoms with Gasteiger partial charge in [0.25, 0.3) is 0 Å². The van der Waals surface area contributed by atoms with Crippen molar-refractivity contribution in [2.75, 3.05) is 18.5 Å². The Hall–Kier alpha value is -2.00. The molecule has 0 radical (unpaired) electrons. The second-order valence-corrected chi connectivity index (χ2v) is 4.79. The van der Waals surface area contributed by atoms with Gasteiger partial charge in [0.1, 0.15) is 0 Å². The lowest BCUT2D eigenvalue weighted by atomic mass is 10.0. The van der Waals surface area contributed by atoms with Gasteiger partial charge in [-0.2, -0.15) is 0 Å². The summed E-state index contributed by atoms with van der Waals surface area (Å²) >= 11 is 6.02. The van der Waals surface area contributed by atoms with Gasteiger partial charge >= 0.3 is 0 Å². The van der Waals surface area contributed by atoms with Crippen LogP contribution in [0.25, 0.3) is 11.1 Å². The summed E-state index contributed by atoms with van der Waals surface area (Å²) in [5, 5.41) is 0.685. The number of amides is 1. The van der Waals surface area contributed by atoms with Crippen molar-refractivity contribution >= 4 is 23.2 Å². The van der Waals surface area contributed by atoms with Crippen molar-refractivity contribution in [2.24, 2.45) is 5.73 Å². The van der Waals surface area contributed by atoms with Gasteiger partial charge in [0.2, 0.25) is 5.91 Å². The van der Waals surface area contributed by atoms with E-state index in [2.05, 4.69) is 0 Å². The number of nitrogens with zero attached hydrogens (tertiary/aromatic N) is 1. The van der Waals surface area contributed by atoms with Gasteiger partial charge in [-0.1, -0.05) is 41.9 Å². The molecular weight excluding hydrogens is 260 g/mol. The highest BCUT2D eigenvalue weighted by Crippen LogP contribution is 2.31. The van der Waals surface area contributed by atoms with Crippen LogP contribution < -0.4 is 10.6 Å². The molecule has 0 aliphatic carbocycles. The number of benzene rings is 2. The summed E-state index contributed by atoms with van der Waals surface area (Å²) in [6.45, 7) is 0.178. The number of carbonyl (C=O) groups excluding carboxylic acids is 1. The standard InChI is InChI=1S/C15H15ClN2O/c1-18(10-15(17)19)14-8-3-2-7-13(14)11-5-4-6-12(16)9-11/h2-9H,10H2,1H3,(H2,17,19). The van der Waals surface area contributed by atoms with Crippen LogP contribution in [0.2, 0.25) is 5.02 Å². The van der Waals surface area contributed by atoms with Crippen LogP contribution in [-0.4, -0.2) is 19.5 Å². The van der Waals surface area contributed by atoms with Crippen LogP contribution in [0.3, 0.4) is 0 Å². The van der Waals surface area contributed by atoms with Crippen molar-refractivity contribution in [2.45, 2.75) is 0 Å². The van der Waals surface area contributed by atoms with Gasteiger partial charge in [-0.05, 0) is 23.8 Å². The fraction of sp³-hybridized carbons (Fsp3) is 0.133. The van der Waals surface area contributed by atoms with Crippen LogP contribution in [0.1, 0.15) is 0 Å². The number of carbonyl (C=O) groups is 1. The maximum absolute atomic E-state index is 11.0. The van der Waals surface area contributed by atoms with Gasteiger partial charge < -0.3 is 10.6 Å². The molecule has 2 rings (SSSR count). The molecule has 4 heteroatoms. The van der Waals surface area contributed by atoms with Crippen molar-refractivity contribution < 1.29 is 4.79 Å². The molecule has 1 amide bonds. The first-order valence-corrected chi connectivity index (χ1v) is 6.30. The predicted octanol–water partition coefficient (Wildman–Crippen LogP) is 2.93. The van der Waals surface area contributed by atoms with E-state index >= 15 is 0 Å². The van der Waals surface area contributed by atoms with Crippen molar-refractivity contribution in [3.05, 3.63) is 53.6 Å². The van der Waals surface area contributed by atoms with E-state index in [-0.39, 0.29) is 12.5 Å². The minimum Gasteiger partial charge on any atom is -0.368 e. The number of primary amides is 1. The third-order valence-corrected chi connectivity index (χ3v) is 3.08. The summed E-state index contributed by atoms with van der Waals surface area (Å²) in [7, 11) is 1.84. The quantitative estimate of drug-likeness (QED) is 0.932. The van der Waals surface area contributed by atoms with Gasteiger partial charge in [0, 0.05) is 23.3 Å². The molecule has 3 nitrogen and oxygen atoms in total. The van der Waals surface area contributed by atoms with E-state index in [4.69, 9.17) is 17.3 Å². The molecular formula is C15H15ClN2O. The predicted molar refractivity (Wildman–Crippen MR) is 79.4 cm³/mol. The Morgan fingerprint density at radius 3 is 2.63 bits per heavy atom. The number of nitrogens with two attached hydrogens (primary N) is 1. The first-order chi connectivity index (χ1) is 9.08. The molecule has 0 saturated carbocycles. The Balaban J connectivity index is 2.44. The van der Waals surface area contributed by atoms with E-state index in [0.717, 1.165) is 16.8 Å². The molecule has 0 unspecified atom stereocenters. The molecule has 0 aliphatic rings. The minimum atomic E-state index is -0.358. The summed E-state index contributed by atoms with van der Waals surface area (Å²) in [5.74, 6) is -0.358. The van der Waals surface area contributed by atoms with Gasteiger partial charge in [0.15, 0.2) is 0 Å². The third-order valence-electron chi connectivity index (χ3n) is 2.84. The Morgan fingerprint density at radius 1 is 1.21 bits per heavy atom. The first kappa shape index (κ1) is 13.4. The molecule has 0 heterocycles. The van der Waals surface area contributed by atoms with E-state index in [9.17, 15) is 4.79 Å². The first-order valence-electron chi connectivity index (χ1n) is 5.92. The molecule has 2 aromatic rings. The van der Waals surface area contributed by atoms with E-state index in [0.29, 0.717) is 5.02 Å². The molecule has 0 bridgehead atoms. The van der Waals surface area contributed by atoms with Crippen molar-refractivity contribution in [1.82, 2.24) is 0 Å². The lowest BCUT2D eigenvalue weighted by molar-refractivity contribution is -0.116.